The van der Waals surface area contributed by atoms with E-state index in [9.17, 15) is 4.79 Å². The minimum Gasteiger partial charge on any atom is -0.323 e. The lowest BCUT2D eigenvalue weighted by Crippen LogP contribution is -2.35. The first kappa shape index (κ1) is 10.1. The molecule has 1 aliphatic heterocycles. The Labute approximate surface area is 89.1 Å². The minimum atomic E-state index is -0.0374. The number of carbonyl (C=O) groups excluding carboxylic acids is 1. The first-order chi connectivity index (χ1) is 7.27. The fourth-order valence-corrected chi connectivity index (χ4v) is 1.74. The van der Waals surface area contributed by atoms with E-state index >= 15 is 0 Å². The Morgan fingerprint density at radius 1 is 1.67 bits per heavy atom. The third kappa shape index (κ3) is 2.33. The normalized spacial score (nSPS) is 20.2. The molecule has 15 heavy (non-hydrogen) atoms. The van der Waals surface area contributed by atoms with Crippen molar-refractivity contribution in [2.75, 3.05) is 11.9 Å². The van der Waals surface area contributed by atoms with E-state index in [4.69, 9.17) is 0 Å². The summed E-state index contributed by atoms with van der Waals surface area (Å²) in [6.07, 6.45) is 3.72. The van der Waals surface area contributed by atoms with Crippen molar-refractivity contribution in [3.05, 3.63) is 24.0 Å². The fraction of sp³-hybridized carbons (Fsp3) is 0.455. The van der Waals surface area contributed by atoms with E-state index in [1.807, 2.05) is 19.1 Å². The Morgan fingerprint density at radius 2 is 2.53 bits per heavy atom. The standard InChI is InChI=1S/C11H15N3O/c1-8-9(4-2-6-12-8)14-11(15)10-5-3-7-13-10/h2,4,6,10,13H,3,5,7H2,1H3,(H,14,15)/t10-/m0/s1. The van der Waals surface area contributed by atoms with E-state index < -0.39 is 0 Å². The summed E-state index contributed by atoms with van der Waals surface area (Å²) in [4.78, 5) is 15.9. The molecule has 1 aliphatic rings. The van der Waals surface area contributed by atoms with Gasteiger partial charge in [-0.05, 0) is 38.4 Å². The summed E-state index contributed by atoms with van der Waals surface area (Å²) in [6.45, 7) is 2.82. The van der Waals surface area contributed by atoms with Gasteiger partial charge in [0, 0.05) is 6.20 Å². The zero-order chi connectivity index (χ0) is 10.7. The maximum Gasteiger partial charge on any atom is 0.241 e. The molecule has 2 N–H and O–H groups in total. The molecule has 1 saturated heterocycles. The Kier molecular flexibility index (Phi) is 2.97. The van der Waals surface area contributed by atoms with Crippen molar-refractivity contribution in [2.24, 2.45) is 0 Å². The average Bonchev–Trinajstić information content (AvgIpc) is 2.74. The average molecular weight is 205 g/mol. The third-order valence-corrected chi connectivity index (χ3v) is 2.64. The number of anilines is 1. The van der Waals surface area contributed by atoms with Crippen molar-refractivity contribution >= 4 is 11.6 Å². The summed E-state index contributed by atoms with van der Waals surface area (Å²) >= 11 is 0. The molecule has 0 bridgehead atoms. The zero-order valence-electron chi connectivity index (χ0n) is 8.79. The summed E-state index contributed by atoms with van der Waals surface area (Å²) in [5.41, 5.74) is 1.65. The number of aryl methyl sites for hydroxylation is 1. The first-order valence-corrected chi connectivity index (χ1v) is 5.23. The topological polar surface area (TPSA) is 54.0 Å². The highest BCUT2D eigenvalue weighted by Crippen LogP contribution is 2.13. The van der Waals surface area contributed by atoms with Gasteiger partial charge in [-0.3, -0.25) is 9.78 Å². The highest BCUT2D eigenvalue weighted by Gasteiger charge is 2.22. The van der Waals surface area contributed by atoms with Crippen LogP contribution < -0.4 is 10.6 Å². The van der Waals surface area contributed by atoms with E-state index in [0.29, 0.717) is 0 Å². The van der Waals surface area contributed by atoms with Crippen molar-refractivity contribution in [2.45, 2.75) is 25.8 Å². The lowest BCUT2D eigenvalue weighted by molar-refractivity contribution is -0.117. The molecule has 1 aromatic rings. The number of hydrogen-bond donors (Lipinski definition) is 2. The molecule has 1 fully saturated rings. The van der Waals surface area contributed by atoms with E-state index in [-0.39, 0.29) is 11.9 Å². The van der Waals surface area contributed by atoms with Gasteiger partial charge in [0.1, 0.15) is 0 Å². The van der Waals surface area contributed by atoms with Crippen LogP contribution in [0.25, 0.3) is 0 Å². The van der Waals surface area contributed by atoms with Crippen molar-refractivity contribution in [3.8, 4) is 0 Å². The Bertz CT molecular complexity index is 359. The first-order valence-electron chi connectivity index (χ1n) is 5.23. The van der Waals surface area contributed by atoms with Gasteiger partial charge in [-0.25, -0.2) is 0 Å². The van der Waals surface area contributed by atoms with Crippen LogP contribution in [0, 0.1) is 6.92 Å². The zero-order valence-corrected chi connectivity index (χ0v) is 8.79. The number of nitrogens with zero attached hydrogens (tertiary/aromatic N) is 1. The Balaban J connectivity index is 2.02. The molecule has 2 heterocycles. The summed E-state index contributed by atoms with van der Waals surface area (Å²) < 4.78 is 0. The van der Waals surface area contributed by atoms with Crippen LogP contribution in [0.3, 0.4) is 0 Å². The number of aromatic nitrogens is 1. The van der Waals surface area contributed by atoms with Gasteiger partial charge >= 0.3 is 0 Å². The van der Waals surface area contributed by atoms with Crippen LogP contribution in [0.1, 0.15) is 18.5 Å². The molecular formula is C11H15N3O. The fourth-order valence-electron chi connectivity index (χ4n) is 1.74. The van der Waals surface area contributed by atoms with Crippen LogP contribution in [0.15, 0.2) is 18.3 Å². The lowest BCUT2D eigenvalue weighted by Gasteiger charge is -2.11. The van der Waals surface area contributed by atoms with Crippen LogP contribution >= 0.6 is 0 Å². The molecule has 0 aliphatic carbocycles. The van der Waals surface area contributed by atoms with Crippen molar-refractivity contribution in [1.82, 2.24) is 10.3 Å². The Morgan fingerprint density at radius 3 is 3.20 bits per heavy atom. The monoisotopic (exact) mass is 205 g/mol. The molecule has 0 saturated carbocycles. The number of amides is 1. The summed E-state index contributed by atoms with van der Waals surface area (Å²) in [7, 11) is 0. The van der Waals surface area contributed by atoms with Gasteiger partial charge in [0.2, 0.25) is 5.91 Å². The minimum absolute atomic E-state index is 0.0374. The van der Waals surface area contributed by atoms with E-state index in [1.54, 1.807) is 6.20 Å². The molecular weight excluding hydrogens is 190 g/mol. The second-order valence-corrected chi connectivity index (χ2v) is 3.77. The molecule has 0 aromatic carbocycles. The molecule has 0 unspecified atom stereocenters. The SMILES string of the molecule is Cc1ncccc1NC(=O)[C@@H]1CCCN1. The van der Waals surface area contributed by atoms with Gasteiger partial charge in [-0.15, -0.1) is 0 Å². The molecule has 1 atom stereocenters. The second kappa shape index (κ2) is 4.40. The number of nitrogens with one attached hydrogen (secondary N) is 2. The van der Waals surface area contributed by atoms with Crippen LogP contribution in [-0.2, 0) is 4.79 Å². The van der Waals surface area contributed by atoms with E-state index in [0.717, 1.165) is 30.8 Å². The molecule has 2 rings (SSSR count). The summed E-state index contributed by atoms with van der Waals surface area (Å²) in [5.74, 6) is 0.0450. The molecule has 1 aromatic heterocycles. The smallest absolute Gasteiger partial charge is 0.241 e. The predicted molar refractivity (Wildman–Crippen MR) is 58.6 cm³/mol. The number of rotatable bonds is 2. The van der Waals surface area contributed by atoms with Crippen LogP contribution in [-0.4, -0.2) is 23.5 Å². The highest BCUT2D eigenvalue weighted by molar-refractivity contribution is 5.95. The van der Waals surface area contributed by atoms with E-state index in [1.165, 1.54) is 0 Å². The molecule has 80 valence electrons. The molecule has 4 nitrogen and oxygen atoms in total. The maximum absolute atomic E-state index is 11.8. The van der Waals surface area contributed by atoms with Gasteiger partial charge < -0.3 is 10.6 Å². The van der Waals surface area contributed by atoms with Crippen LogP contribution in [0.5, 0.6) is 0 Å². The summed E-state index contributed by atoms with van der Waals surface area (Å²) in [6, 6.07) is 3.66. The number of hydrogen-bond acceptors (Lipinski definition) is 3. The van der Waals surface area contributed by atoms with Crippen molar-refractivity contribution < 1.29 is 4.79 Å². The lowest BCUT2D eigenvalue weighted by atomic mass is 10.2. The third-order valence-electron chi connectivity index (χ3n) is 2.64. The Hall–Kier alpha value is -1.42. The molecule has 4 heteroatoms. The number of pyridine rings is 1. The summed E-state index contributed by atoms with van der Waals surface area (Å²) in [5, 5.41) is 6.05. The van der Waals surface area contributed by atoms with Crippen molar-refractivity contribution in [1.29, 1.82) is 0 Å². The van der Waals surface area contributed by atoms with Gasteiger partial charge in [0.25, 0.3) is 0 Å². The van der Waals surface area contributed by atoms with E-state index in [2.05, 4.69) is 15.6 Å². The van der Waals surface area contributed by atoms with Gasteiger partial charge in [-0.2, -0.15) is 0 Å². The molecule has 0 radical (unpaired) electrons. The maximum atomic E-state index is 11.8. The van der Waals surface area contributed by atoms with Crippen molar-refractivity contribution in [3.63, 3.8) is 0 Å². The van der Waals surface area contributed by atoms with Gasteiger partial charge in [-0.1, -0.05) is 0 Å². The largest absolute Gasteiger partial charge is 0.323 e. The van der Waals surface area contributed by atoms with Gasteiger partial charge in [0.05, 0.1) is 17.4 Å². The number of carbonyl (C=O) groups is 1. The van der Waals surface area contributed by atoms with Gasteiger partial charge in [0.15, 0.2) is 0 Å². The van der Waals surface area contributed by atoms with Crippen LogP contribution in [0.2, 0.25) is 0 Å². The predicted octanol–water partition coefficient (Wildman–Crippen LogP) is 1.08. The quantitative estimate of drug-likeness (QED) is 0.759. The second-order valence-electron chi connectivity index (χ2n) is 3.77. The highest BCUT2D eigenvalue weighted by atomic mass is 16.2. The molecule has 0 spiro atoms. The van der Waals surface area contributed by atoms with Crippen LogP contribution in [0.4, 0.5) is 5.69 Å². The molecule has 1 amide bonds.